The van der Waals surface area contributed by atoms with E-state index in [9.17, 15) is 23.3 Å². The highest BCUT2D eigenvalue weighted by molar-refractivity contribution is 7.92. The summed E-state index contributed by atoms with van der Waals surface area (Å²) in [5.41, 5.74) is -0.114. The largest absolute Gasteiger partial charge is 0.294 e. The fourth-order valence-corrected chi connectivity index (χ4v) is 2.21. The lowest BCUT2D eigenvalue weighted by Gasteiger charge is -2.09. The van der Waals surface area contributed by atoms with E-state index in [0.29, 0.717) is 0 Å². The summed E-state index contributed by atoms with van der Waals surface area (Å²) in [6.07, 6.45) is 0. The van der Waals surface area contributed by atoms with E-state index in [0.717, 1.165) is 9.71 Å². The first-order valence-electron chi connectivity index (χ1n) is 5.55. The third-order valence-electron chi connectivity index (χ3n) is 2.52. The number of sulfonamides is 1. The second-order valence-corrected chi connectivity index (χ2v) is 6.22. The minimum atomic E-state index is -3.74. The monoisotopic (exact) mass is 298 g/mol. The molecule has 0 aliphatic rings. The van der Waals surface area contributed by atoms with Crippen LogP contribution < -0.4 is 0 Å². The second-order valence-electron chi connectivity index (χ2n) is 4.22. The average Bonchev–Trinajstić information content (AvgIpc) is 2.35. The number of hydrogen-bond donors (Lipinski definition) is 0. The molecule has 0 saturated carbocycles. The molecule has 0 fully saturated rings. The number of benzene rings is 1. The topological polar surface area (TPSA) is 97.6 Å². The first kappa shape index (κ1) is 16.0. The summed E-state index contributed by atoms with van der Waals surface area (Å²) in [5.74, 6) is -0.490. The average molecular weight is 298 g/mol. The predicted octanol–water partition coefficient (Wildman–Crippen LogP) is 1.42. The first-order valence-corrected chi connectivity index (χ1v) is 7.05. The minimum absolute atomic E-state index is 0.0950. The van der Waals surface area contributed by atoms with Crippen molar-refractivity contribution in [2.24, 2.45) is 0 Å². The van der Waals surface area contributed by atoms with Crippen LogP contribution in [-0.2, 0) is 14.8 Å². The summed E-state index contributed by atoms with van der Waals surface area (Å²) >= 11 is 0. The quantitative estimate of drug-likeness (QED) is 0.465. The number of carbonyl (C=O) groups is 1. The van der Waals surface area contributed by atoms with E-state index in [2.05, 4.69) is 0 Å². The van der Waals surface area contributed by atoms with Gasteiger partial charge in [-0.3, -0.25) is 14.9 Å². The third kappa shape index (κ3) is 3.72. The molecule has 1 rings (SSSR count). The zero-order valence-electron chi connectivity index (χ0n) is 11.2. The number of ketones is 1. The normalized spacial score (nSPS) is 12.5. The second kappa shape index (κ2) is 5.93. The van der Waals surface area contributed by atoms with Crippen molar-refractivity contribution in [1.82, 2.24) is 4.31 Å². The molecule has 0 heterocycles. The Bertz CT molecular complexity index is 677. The van der Waals surface area contributed by atoms with Gasteiger partial charge >= 0.3 is 0 Å². The Kier molecular flexibility index (Phi) is 4.74. The number of nitrogens with zero attached hydrogens (tertiary/aromatic N) is 2. The van der Waals surface area contributed by atoms with Crippen LogP contribution in [0.4, 0.5) is 5.69 Å². The van der Waals surface area contributed by atoms with Crippen LogP contribution in [0.5, 0.6) is 0 Å². The predicted molar refractivity (Wildman–Crippen MR) is 74.4 cm³/mol. The number of non-ortho nitro benzene ring substituents is 1. The molecule has 0 aromatic heterocycles. The summed E-state index contributed by atoms with van der Waals surface area (Å²) in [6, 6.07) is 5.28. The molecule has 7 nitrogen and oxygen atoms in total. The maximum atomic E-state index is 11.8. The van der Waals surface area contributed by atoms with Gasteiger partial charge in [0.25, 0.3) is 5.69 Å². The molecule has 1 aromatic rings. The number of carbonyl (C=O) groups excluding carboxylic acids is 1. The van der Waals surface area contributed by atoms with Crippen LogP contribution in [0, 0.1) is 10.1 Å². The third-order valence-corrected chi connectivity index (χ3v) is 4.07. The summed E-state index contributed by atoms with van der Waals surface area (Å²) in [4.78, 5) is 21.7. The minimum Gasteiger partial charge on any atom is -0.294 e. The molecule has 1 aromatic carbocycles. The van der Waals surface area contributed by atoms with Gasteiger partial charge in [-0.1, -0.05) is 12.1 Å². The highest BCUT2D eigenvalue weighted by atomic mass is 32.2. The maximum Gasteiger partial charge on any atom is 0.270 e. The smallest absolute Gasteiger partial charge is 0.270 e. The van der Waals surface area contributed by atoms with Crippen molar-refractivity contribution in [1.29, 1.82) is 0 Å². The van der Waals surface area contributed by atoms with Crippen LogP contribution in [0.2, 0.25) is 0 Å². The van der Waals surface area contributed by atoms with E-state index >= 15 is 0 Å². The molecule has 0 N–H and O–H groups in total. The van der Waals surface area contributed by atoms with E-state index in [1.165, 1.54) is 45.3 Å². The molecule has 0 aliphatic heterocycles. The van der Waals surface area contributed by atoms with Crippen LogP contribution in [0.1, 0.15) is 12.5 Å². The van der Waals surface area contributed by atoms with Crippen molar-refractivity contribution in [3.8, 4) is 0 Å². The van der Waals surface area contributed by atoms with Crippen molar-refractivity contribution in [2.45, 2.75) is 6.92 Å². The summed E-state index contributed by atoms with van der Waals surface area (Å²) in [7, 11) is -1.08. The highest BCUT2D eigenvalue weighted by Gasteiger charge is 2.17. The zero-order valence-corrected chi connectivity index (χ0v) is 12.0. The van der Waals surface area contributed by atoms with Gasteiger partial charge in [-0.25, -0.2) is 12.7 Å². The molecule has 0 unspecified atom stereocenters. The molecule has 20 heavy (non-hydrogen) atoms. The number of nitro benzene ring substituents is 1. The number of hydrogen-bond acceptors (Lipinski definition) is 5. The molecule has 0 saturated heterocycles. The van der Waals surface area contributed by atoms with E-state index in [1.807, 2.05) is 0 Å². The lowest BCUT2D eigenvalue weighted by atomic mass is 10.0. The molecule has 8 heteroatoms. The molecule has 0 aliphatic carbocycles. The van der Waals surface area contributed by atoms with Gasteiger partial charge in [-0.2, -0.15) is 0 Å². The first-order chi connectivity index (χ1) is 9.15. The van der Waals surface area contributed by atoms with Crippen LogP contribution in [-0.4, -0.2) is 37.5 Å². The lowest BCUT2D eigenvalue weighted by Crippen LogP contribution is -2.20. The standard InChI is InChI=1S/C12H14N2O5S/c1-9(15)12(8-20(18,19)13(2)3)10-5-4-6-11(7-10)14(16)17/h4-8H,1-3H3. The summed E-state index contributed by atoms with van der Waals surface area (Å²) < 4.78 is 24.6. The zero-order chi connectivity index (χ0) is 15.5. The SMILES string of the molecule is CC(=O)C(=CS(=O)(=O)N(C)C)c1cccc([N+](=O)[O-])c1. The van der Waals surface area contributed by atoms with E-state index < -0.39 is 20.7 Å². The van der Waals surface area contributed by atoms with Crippen LogP contribution >= 0.6 is 0 Å². The van der Waals surface area contributed by atoms with Gasteiger partial charge in [-0.15, -0.1) is 0 Å². The van der Waals surface area contributed by atoms with Crippen molar-refractivity contribution in [3.63, 3.8) is 0 Å². The van der Waals surface area contributed by atoms with Gasteiger partial charge in [0, 0.05) is 31.8 Å². The number of rotatable bonds is 5. The Morgan fingerprint density at radius 2 is 1.95 bits per heavy atom. The molecule has 0 spiro atoms. The number of Topliss-reactive ketones (excluding diaryl/α,β-unsaturated/α-hetero) is 1. The highest BCUT2D eigenvalue weighted by Crippen LogP contribution is 2.22. The van der Waals surface area contributed by atoms with Gasteiger partial charge in [0.05, 0.1) is 10.3 Å². The Balaban J connectivity index is 3.44. The molecule has 0 radical (unpaired) electrons. The molecule has 0 bridgehead atoms. The van der Waals surface area contributed by atoms with Gasteiger partial charge in [-0.05, 0) is 12.5 Å². The molecular weight excluding hydrogens is 284 g/mol. The molecular formula is C12H14N2O5S. The van der Waals surface area contributed by atoms with Crippen LogP contribution in [0.15, 0.2) is 29.7 Å². The summed E-state index contributed by atoms with van der Waals surface area (Å²) in [6.45, 7) is 1.20. The van der Waals surface area contributed by atoms with E-state index in [4.69, 9.17) is 0 Å². The molecule has 0 atom stereocenters. The fourth-order valence-electron chi connectivity index (χ4n) is 1.40. The number of nitro groups is 1. The van der Waals surface area contributed by atoms with E-state index in [-0.39, 0.29) is 16.8 Å². The Morgan fingerprint density at radius 1 is 1.35 bits per heavy atom. The Labute approximate surface area is 116 Å². The Hall–Kier alpha value is -2.06. The lowest BCUT2D eigenvalue weighted by molar-refractivity contribution is -0.384. The van der Waals surface area contributed by atoms with E-state index in [1.54, 1.807) is 0 Å². The van der Waals surface area contributed by atoms with Gasteiger partial charge in [0.2, 0.25) is 10.0 Å². The van der Waals surface area contributed by atoms with Gasteiger partial charge in [0.1, 0.15) is 0 Å². The number of allylic oxidation sites excluding steroid dienone is 1. The van der Waals surface area contributed by atoms with Gasteiger partial charge < -0.3 is 0 Å². The van der Waals surface area contributed by atoms with Crippen LogP contribution in [0.3, 0.4) is 0 Å². The molecule has 108 valence electrons. The maximum absolute atomic E-state index is 11.8. The van der Waals surface area contributed by atoms with Gasteiger partial charge in [0.15, 0.2) is 5.78 Å². The fraction of sp³-hybridized carbons (Fsp3) is 0.250. The van der Waals surface area contributed by atoms with Crippen LogP contribution in [0.25, 0.3) is 5.57 Å². The van der Waals surface area contributed by atoms with Crippen molar-refractivity contribution < 1.29 is 18.1 Å². The molecule has 0 amide bonds. The Morgan fingerprint density at radius 3 is 2.40 bits per heavy atom. The van der Waals surface area contributed by atoms with Crippen molar-refractivity contribution in [2.75, 3.05) is 14.1 Å². The van der Waals surface area contributed by atoms with Crippen molar-refractivity contribution in [3.05, 3.63) is 45.4 Å². The summed E-state index contributed by atoms with van der Waals surface area (Å²) in [5, 5.41) is 11.5. The van der Waals surface area contributed by atoms with Crippen molar-refractivity contribution >= 4 is 27.1 Å².